The van der Waals surface area contributed by atoms with E-state index >= 15 is 0 Å². The Morgan fingerprint density at radius 3 is 2.41 bits per heavy atom. The van der Waals surface area contributed by atoms with Crippen LogP contribution in [0.2, 0.25) is 0 Å². The molecule has 2 rings (SSSR count). The molecule has 2 N–H and O–H groups in total. The lowest BCUT2D eigenvalue weighted by atomic mass is 10.3. The first-order valence-electron chi connectivity index (χ1n) is 7.57. The van der Waals surface area contributed by atoms with Gasteiger partial charge in [0.15, 0.2) is 0 Å². The number of sulfonamides is 1. The third-order valence-electron chi connectivity index (χ3n) is 3.63. The third-order valence-corrected chi connectivity index (χ3v) is 5.10. The van der Waals surface area contributed by atoms with Gasteiger partial charge in [0.25, 0.3) is 0 Å². The highest BCUT2D eigenvalue weighted by atomic mass is 32.2. The number of nitrogens with one attached hydrogen (secondary N) is 2. The predicted molar refractivity (Wildman–Crippen MR) is 86.2 cm³/mol. The Morgan fingerprint density at radius 2 is 1.82 bits per heavy atom. The molecule has 0 aromatic heterocycles. The molecule has 0 unspecified atom stereocenters. The summed E-state index contributed by atoms with van der Waals surface area (Å²) in [5.41, 5.74) is 0.584. The van der Waals surface area contributed by atoms with Crippen LogP contribution in [-0.4, -0.2) is 45.4 Å². The van der Waals surface area contributed by atoms with Crippen molar-refractivity contribution in [2.24, 2.45) is 0 Å². The van der Waals surface area contributed by atoms with Gasteiger partial charge in [-0.25, -0.2) is 13.1 Å². The number of rotatable bonds is 7. The number of anilines is 1. The number of likely N-dealkylation sites (tertiary alicyclic amines) is 1. The van der Waals surface area contributed by atoms with Crippen LogP contribution in [0.3, 0.4) is 0 Å². The summed E-state index contributed by atoms with van der Waals surface area (Å²) in [7, 11) is -3.48. The van der Waals surface area contributed by atoms with Gasteiger partial charge in [0, 0.05) is 19.2 Å². The summed E-state index contributed by atoms with van der Waals surface area (Å²) in [4.78, 5) is 13.5. The van der Waals surface area contributed by atoms with E-state index in [0.29, 0.717) is 12.2 Å². The normalized spacial score (nSPS) is 15.9. The molecule has 22 heavy (non-hydrogen) atoms. The second kappa shape index (κ2) is 7.71. The molecule has 0 spiro atoms. The Kier molecular flexibility index (Phi) is 5.93. The fourth-order valence-corrected chi connectivity index (χ4v) is 3.59. The number of carbonyl (C=O) groups is 1. The van der Waals surface area contributed by atoms with Gasteiger partial charge in [-0.2, -0.15) is 0 Å². The summed E-state index contributed by atoms with van der Waals surface area (Å²) < 4.78 is 26.9. The van der Waals surface area contributed by atoms with Gasteiger partial charge < -0.3 is 10.2 Å². The van der Waals surface area contributed by atoms with E-state index in [4.69, 9.17) is 0 Å². The van der Waals surface area contributed by atoms with Gasteiger partial charge in [-0.15, -0.1) is 0 Å². The minimum Gasteiger partial charge on any atom is -0.326 e. The largest absolute Gasteiger partial charge is 0.326 e. The van der Waals surface area contributed by atoms with E-state index in [-0.39, 0.29) is 10.8 Å². The van der Waals surface area contributed by atoms with Crippen LogP contribution in [0, 0.1) is 0 Å². The van der Waals surface area contributed by atoms with Gasteiger partial charge in [-0.3, -0.25) is 4.79 Å². The first kappa shape index (κ1) is 16.9. The molecule has 1 heterocycles. The van der Waals surface area contributed by atoms with Crippen LogP contribution in [0.25, 0.3) is 0 Å². The summed E-state index contributed by atoms with van der Waals surface area (Å²) in [6, 6.07) is 6.16. The highest BCUT2D eigenvalue weighted by Gasteiger charge is 2.14. The Morgan fingerprint density at radius 1 is 1.18 bits per heavy atom. The second-order valence-corrected chi connectivity index (χ2v) is 7.27. The van der Waals surface area contributed by atoms with Gasteiger partial charge in [-0.1, -0.05) is 0 Å². The van der Waals surface area contributed by atoms with Crippen molar-refractivity contribution in [2.75, 3.05) is 31.5 Å². The molecule has 1 amide bonds. The monoisotopic (exact) mass is 325 g/mol. The minimum atomic E-state index is -3.48. The highest BCUT2D eigenvalue weighted by Crippen LogP contribution is 2.14. The maximum absolute atomic E-state index is 12.1. The van der Waals surface area contributed by atoms with E-state index in [1.54, 1.807) is 12.1 Å². The third kappa shape index (κ3) is 5.08. The fraction of sp³-hybridized carbons (Fsp3) is 0.533. The Hall–Kier alpha value is -1.44. The zero-order valence-electron chi connectivity index (χ0n) is 12.8. The molecule has 1 saturated heterocycles. The molecule has 1 aliphatic rings. The van der Waals surface area contributed by atoms with Crippen molar-refractivity contribution in [3.63, 3.8) is 0 Å². The number of benzene rings is 1. The first-order valence-corrected chi connectivity index (χ1v) is 9.05. The lowest BCUT2D eigenvalue weighted by Crippen LogP contribution is -2.28. The maximum Gasteiger partial charge on any atom is 0.240 e. The fourth-order valence-electron chi connectivity index (χ4n) is 2.52. The number of carbonyl (C=O) groups excluding carboxylic acids is 1. The van der Waals surface area contributed by atoms with Crippen LogP contribution in [0.1, 0.15) is 26.2 Å². The topological polar surface area (TPSA) is 78.5 Å². The Labute approximate surface area is 131 Å². The van der Waals surface area contributed by atoms with Crippen LogP contribution in [0.5, 0.6) is 0 Å². The van der Waals surface area contributed by atoms with Gasteiger partial charge >= 0.3 is 0 Å². The van der Waals surface area contributed by atoms with E-state index in [1.165, 1.54) is 31.9 Å². The molecule has 1 aromatic rings. The molecular formula is C15H23N3O3S. The number of nitrogens with zero attached hydrogens (tertiary/aromatic N) is 1. The summed E-state index contributed by atoms with van der Waals surface area (Å²) >= 11 is 0. The van der Waals surface area contributed by atoms with Crippen LogP contribution >= 0.6 is 0 Å². The SMILES string of the molecule is CC(=O)Nc1ccc(S(=O)(=O)NCCCN2CCCC2)cc1. The van der Waals surface area contributed by atoms with Crippen molar-refractivity contribution in [2.45, 2.75) is 31.1 Å². The standard InChI is InChI=1S/C15H23N3O3S/c1-13(19)17-14-5-7-15(8-6-14)22(20,21)16-9-4-12-18-10-2-3-11-18/h5-8,16H,2-4,9-12H2,1H3,(H,17,19). The molecule has 1 fully saturated rings. The molecule has 0 aliphatic carbocycles. The van der Waals surface area contributed by atoms with Crippen molar-refractivity contribution in [3.8, 4) is 0 Å². The number of hydrogen-bond acceptors (Lipinski definition) is 4. The Balaban J connectivity index is 1.82. The molecule has 122 valence electrons. The summed E-state index contributed by atoms with van der Waals surface area (Å²) in [6.45, 7) is 5.03. The summed E-state index contributed by atoms with van der Waals surface area (Å²) in [5.74, 6) is -0.185. The van der Waals surface area contributed by atoms with E-state index in [2.05, 4.69) is 14.9 Å². The molecule has 1 aromatic carbocycles. The second-order valence-electron chi connectivity index (χ2n) is 5.51. The van der Waals surface area contributed by atoms with Gasteiger partial charge in [0.1, 0.15) is 0 Å². The highest BCUT2D eigenvalue weighted by molar-refractivity contribution is 7.89. The van der Waals surface area contributed by atoms with Crippen molar-refractivity contribution >= 4 is 21.6 Å². The molecule has 7 heteroatoms. The maximum atomic E-state index is 12.1. The van der Waals surface area contributed by atoms with Crippen LogP contribution in [0.4, 0.5) is 5.69 Å². The van der Waals surface area contributed by atoms with Crippen LogP contribution in [-0.2, 0) is 14.8 Å². The predicted octanol–water partition coefficient (Wildman–Crippen LogP) is 1.41. The average Bonchev–Trinajstić information content (AvgIpc) is 2.97. The quantitative estimate of drug-likeness (QED) is 0.743. The zero-order valence-corrected chi connectivity index (χ0v) is 13.7. The molecule has 6 nitrogen and oxygen atoms in total. The van der Waals surface area contributed by atoms with Crippen LogP contribution in [0.15, 0.2) is 29.2 Å². The van der Waals surface area contributed by atoms with Crippen LogP contribution < -0.4 is 10.0 Å². The number of amides is 1. The van der Waals surface area contributed by atoms with Gasteiger partial charge in [-0.05, 0) is 63.2 Å². The lowest BCUT2D eigenvalue weighted by molar-refractivity contribution is -0.114. The smallest absolute Gasteiger partial charge is 0.240 e. The van der Waals surface area contributed by atoms with Crippen molar-refractivity contribution in [1.29, 1.82) is 0 Å². The average molecular weight is 325 g/mol. The molecule has 0 atom stereocenters. The molecule has 1 aliphatic heterocycles. The van der Waals surface area contributed by atoms with Gasteiger partial charge in [0.2, 0.25) is 15.9 Å². The van der Waals surface area contributed by atoms with Crippen molar-refractivity contribution in [3.05, 3.63) is 24.3 Å². The molecular weight excluding hydrogens is 302 g/mol. The first-order chi connectivity index (χ1) is 10.5. The molecule has 0 saturated carbocycles. The van der Waals surface area contributed by atoms with E-state index in [9.17, 15) is 13.2 Å². The van der Waals surface area contributed by atoms with Crippen molar-refractivity contribution < 1.29 is 13.2 Å². The zero-order chi connectivity index (χ0) is 16.0. The van der Waals surface area contributed by atoms with Crippen molar-refractivity contribution in [1.82, 2.24) is 9.62 Å². The van der Waals surface area contributed by atoms with E-state index < -0.39 is 10.0 Å². The summed E-state index contributed by atoms with van der Waals surface area (Å²) in [5, 5.41) is 2.61. The minimum absolute atomic E-state index is 0.185. The molecule has 0 radical (unpaired) electrons. The number of hydrogen-bond donors (Lipinski definition) is 2. The molecule has 0 bridgehead atoms. The summed E-state index contributed by atoms with van der Waals surface area (Å²) in [6.07, 6.45) is 3.29. The van der Waals surface area contributed by atoms with Gasteiger partial charge in [0.05, 0.1) is 4.90 Å². The Bertz CT molecular complexity index is 593. The lowest BCUT2D eigenvalue weighted by Gasteiger charge is -2.14. The van der Waals surface area contributed by atoms with E-state index in [0.717, 1.165) is 26.1 Å². The van der Waals surface area contributed by atoms with E-state index in [1.807, 2.05) is 0 Å².